The lowest BCUT2D eigenvalue weighted by molar-refractivity contribution is -0.114. The third kappa shape index (κ3) is 4.04. The highest BCUT2D eigenvalue weighted by atomic mass is 19.3. The molecule has 3 aromatic rings. The van der Waals surface area contributed by atoms with Crippen LogP contribution in [0.2, 0.25) is 0 Å². The maximum Gasteiger partial charge on any atom is 0.314 e. The van der Waals surface area contributed by atoms with Gasteiger partial charge >= 0.3 is 6.43 Å². The highest BCUT2D eigenvalue weighted by molar-refractivity contribution is 5.99. The molecule has 2 aliphatic rings. The molecular formula is C24H23F2N5O3. The number of nitrogens with zero attached hydrogens (tertiary/aromatic N) is 4. The van der Waals surface area contributed by atoms with Crippen LogP contribution in [0.1, 0.15) is 72.3 Å². The molecule has 0 bridgehead atoms. The molecule has 10 heteroatoms. The summed E-state index contributed by atoms with van der Waals surface area (Å²) >= 11 is 0. The van der Waals surface area contributed by atoms with E-state index in [2.05, 4.69) is 20.5 Å². The molecule has 34 heavy (non-hydrogen) atoms. The van der Waals surface area contributed by atoms with Gasteiger partial charge in [0.1, 0.15) is 5.82 Å². The molecule has 0 saturated heterocycles. The molecular weight excluding hydrogens is 444 g/mol. The van der Waals surface area contributed by atoms with Crippen molar-refractivity contribution in [2.24, 2.45) is 0 Å². The normalized spacial score (nSPS) is 20.0. The number of benzene rings is 1. The van der Waals surface area contributed by atoms with Crippen LogP contribution in [0.3, 0.4) is 0 Å². The van der Waals surface area contributed by atoms with Crippen molar-refractivity contribution in [3.63, 3.8) is 0 Å². The van der Waals surface area contributed by atoms with Crippen LogP contribution in [0, 0.1) is 0 Å². The molecule has 5 rings (SSSR count). The molecule has 1 aromatic carbocycles. The quantitative estimate of drug-likeness (QED) is 0.583. The van der Waals surface area contributed by atoms with E-state index in [9.17, 15) is 18.4 Å². The van der Waals surface area contributed by atoms with E-state index >= 15 is 0 Å². The number of aromatic nitrogens is 3. The first-order valence-corrected chi connectivity index (χ1v) is 11.2. The minimum absolute atomic E-state index is 0.0339. The van der Waals surface area contributed by atoms with Crippen molar-refractivity contribution in [1.29, 1.82) is 0 Å². The van der Waals surface area contributed by atoms with Crippen molar-refractivity contribution in [3.05, 3.63) is 59.1 Å². The third-order valence-electron chi connectivity index (χ3n) is 6.48. The van der Waals surface area contributed by atoms with Crippen molar-refractivity contribution in [2.45, 2.75) is 57.5 Å². The van der Waals surface area contributed by atoms with Crippen molar-refractivity contribution in [3.8, 4) is 11.5 Å². The monoisotopic (exact) mass is 467 g/mol. The molecule has 1 aliphatic carbocycles. The highest BCUT2D eigenvalue weighted by Crippen LogP contribution is 2.42. The van der Waals surface area contributed by atoms with Crippen LogP contribution >= 0.6 is 0 Å². The van der Waals surface area contributed by atoms with Gasteiger partial charge in [0.25, 0.3) is 11.8 Å². The lowest BCUT2D eigenvalue weighted by atomic mass is 9.79. The zero-order valence-corrected chi connectivity index (χ0v) is 18.5. The summed E-state index contributed by atoms with van der Waals surface area (Å²) in [4.78, 5) is 31.4. The largest absolute Gasteiger partial charge is 0.415 e. The number of anilines is 1. The van der Waals surface area contributed by atoms with Crippen LogP contribution in [0.4, 0.5) is 14.6 Å². The molecule has 8 nitrogen and oxygen atoms in total. The van der Waals surface area contributed by atoms with Gasteiger partial charge in [-0.05, 0) is 36.6 Å². The molecule has 1 aliphatic heterocycles. The number of halogens is 2. The summed E-state index contributed by atoms with van der Waals surface area (Å²) in [5.74, 6) is -0.542. The zero-order chi connectivity index (χ0) is 23.8. The van der Waals surface area contributed by atoms with Gasteiger partial charge in [-0.25, -0.2) is 4.98 Å². The first-order chi connectivity index (χ1) is 16.4. The van der Waals surface area contributed by atoms with Gasteiger partial charge in [-0.15, -0.1) is 10.2 Å². The number of alkyl halides is 2. The van der Waals surface area contributed by atoms with E-state index in [0.29, 0.717) is 23.5 Å². The van der Waals surface area contributed by atoms with Crippen LogP contribution in [-0.4, -0.2) is 37.9 Å². The SMILES string of the molecule is CC(=O)Nc1ncccc1[C@H]1CCCC[C@H]1N1Cc2ccc(-c3nnc(C(F)F)o3)cc2C1=O. The predicted molar refractivity (Wildman–Crippen MR) is 118 cm³/mol. The summed E-state index contributed by atoms with van der Waals surface area (Å²) in [5.41, 5.74) is 2.72. The molecule has 0 unspecified atom stereocenters. The fraction of sp³-hybridized carbons (Fsp3) is 0.375. The lowest BCUT2D eigenvalue weighted by Crippen LogP contribution is -2.41. The Labute approximate surface area is 194 Å². The Balaban J connectivity index is 1.44. The topological polar surface area (TPSA) is 101 Å². The fourth-order valence-electron chi connectivity index (χ4n) is 5.00. The van der Waals surface area contributed by atoms with Gasteiger partial charge < -0.3 is 14.6 Å². The molecule has 0 radical (unpaired) electrons. The van der Waals surface area contributed by atoms with E-state index in [4.69, 9.17) is 4.42 Å². The van der Waals surface area contributed by atoms with E-state index in [0.717, 1.165) is 36.8 Å². The lowest BCUT2D eigenvalue weighted by Gasteiger charge is -2.38. The van der Waals surface area contributed by atoms with Gasteiger partial charge in [-0.1, -0.05) is 25.0 Å². The number of nitrogens with one attached hydrogen (secondary N) is 1. The average molecular weight is 467 g/mol. The van der Waals surface area contributed by atoms with Gasteiger partial charge in [0, 0.05) is 48.3 Å². The predicted octanol–water partition coefficient (Wildman–Crippen LogP) is 4.71. The summed E-state index contributed by atoms with van der Waals surface area (Å²) in [5, 5.41) is 9.87. The number of hydrogen-bond acceptors (Lipinski definition) is 6. The molecule has 2 amide bonds. The summed E-state index contributed by atoms with van der Waals surface area (Å²) in [7, 11) is 0. The Morgan fingerprint density at radius 1 is 1.21 bits per heavy atom. The van der Waals surface area contributed by atoms with Crippen LogP contribution in [-0.2, 0) is 11.3 Å². The minimum Gasteiger partial charge on any atom is -0.415 e. The third-order valence-corrected chi connectivity index (χ3v) is 6.48. The molecule has 1 saturated carbocycles. The van der Waals surface area contributed by atoms with Crippen LogP contribution in [0.25, 0.3) is 11.5 Å². The van der Waals surface area contributed by atoms with Crippen molar-refractivity contribution in [1.82, 2.24) is 20.1 Å². The first-order valence-electron chi connectivity index (χ1n) is 11.2. The van der Waals surface area contributed by atoms with Crippen LogP contribution in [0.15, 0.2) is 40.9 Å². The second kappa shape index (κ2) is 8.92. The summed E-state index contributed by atoms with van der Waals surface area (Å²) in [6.07, 6.45) is 2.53. The summed E-state index contributed by atoms with van der Waals surface area (Å²) < 4.78 is 30.7. The molecule has 3 heterocycles. The Hall–Kier alpha value is -3.69. The van der Waals surface area contributed by atoms with Gasteiger partial charge in [0.2, 0.25) is 11.8 Å². The van der Waals surface area contributed by atoms with E-state index < -0.39 is 12.3 Å². The van der Waals surface area contributed by atoms with Crippen molar-refractivity contribution < 1.29 is 22.8 Å². The smallest absolute Gasteiger partial charge is 0.314 e. The summed E-state index contributed by atoms with van der Waals surface area (Å²) in [6.45, 7) is 1.90. The van der Waals surface area contributed by atoms with Crippen LogP contribution < -0.4 is 5.32 Å². The second-order valence-electron chi connectivity index (χ2n) is 8.63. The molecule has 2 atom stereocenters. The van der Waals surface area contributed by atoms with Gasteiger partial charge in [0.15, 0.2) is 0 Å². The second-order valence-corrected chi connectivity index (χ2v) is 8.63. The minimum atomic E-state index is -2.86. The van der Waals surface area contributed by atoms with Gasteiger partial charge in [0.05, 0.1) is 0 Å². The standard InChI is InChI=1S/C24H23F2N5O3/c1-13(32)28-21-17(6-4-10-27-21)16-5-2-3-7-19(16)31-12-15-9-8-14(11-18(15)24(31)33)22-29-30-23(34-22)20(25)26/h4,6,8-11,16,19-20H,2-3,5,7,12H2,1H3,(H,27,28,32)/t16-,19-/m1/s1. The molecule has 1 N–H and O–H groups in total. The molecule has 2 aromatic heterocycles. The maximum absolute atomic E-state index is 13.5. The number of carbonyl (C=O) groups excluding carboxylic acids is 2. The van der Waals surface area contributed by atoms with E-state index in [-0.39, 0.29) is 29.7 Å². The molecule has 1 fully saturated rings. The van der Waals surface area contributed by atoms with Crippen molar-refractivity contribution in [2.75, 3.05) is 5.32 Å². The molecule has 176 valence electrons. The first kappa shape index (κ1) is 22.1. The van der Waals surface area contributed by atoms with Gasteiger partial charge in [-0.2, -0.15) is 8.78 Å². The fourth-order valence-corrected chi connectivity index (χ4v) is 5.00. The average Bonchev–Trinajstić information content (AvgIpc) is 3.44. The van der Waals surface area contributed by atoms with E-state index in [1.165, 1.54) is 6.92 Å². The Bertz CT molecular complexity index is 1240. The number of hydrogen-bond donors (Lipinski definition) is 1. The van der Waals surface area contributed by atoms with Gasteiger partial charge in [-0.3, -0.25) is 9.59 Å². The molecule has 0 spiro atoms. The maximum atomic E-state index is 13.5. The number of pyridine rings is 1. The number of rotatable bonds is 5. The Morgan fingerprint density at radius 2 is 2.03 bits per heavy atom. The number of amides is 2. The van der Waals surface area contributed by atoms with Crippen molar-refractivity contribution >= 4 is 17.6 Å². The van der Waals surface area contributed by atoms with E-state index in [1.54, 1.807) is 24.4 Å². The highest BCUT2D eigenvalue weighted by Gasteiger charge is 2.39. The zero-order valence-electron chi connectivity index (χ0n) is 18.5. The Morgan fingerprint density at radius 3 is 2.79 bits per heavy atom. The Kier molecular flexibility index (Phi) is 5.80. The number of fused-ring (bicyclic) bond motifs is 1. The van der Waals surface area contributed by atoms with E-state index in [1.807, 2.05) is 17.0 Å². The van der Waals surface area contributed by atoms with Crippen LogP contribution in [0.5, 0.6) is 0 Å². The number of carbonyl (C=O) groups is 2. The summed E-state index contributed by atoms with van der Waals surface area (Å²) in [6, 6.07) is 8.89.